The minimum Gasteiger partial charge on any atom is -0.497 e. The smallest absolute Gasteiger partial charge is 0.264 e. The molecule has 8 heteroatoms. The Bertz CT molecular complexity index is 1180. The maximum atomic E-state index is 12.3. The zero-order valence-corrected chi connectivity index (χ0v) is 19.0. The lowest BCUT2D eigenvalue weighted by Crippen LogP contribution is -2.06. The maximum absolute atomic E-state index is 12.3. The van der Waals surface area contributed by atoms with Crippen molar-refractivity contribution < 1.29 is 26.9 Å². The third kappa shape index (κ3) is 5.45. The Labute approximate surface area is 182 Å². The summed E-state index contributed by atoms with van der Waals surface area (Å²) in [5, 5.41) is 0.891. The van der Waals surface area contributed by atoms with Crippen LogP contribution >= 0.6 is 0 Å². The first-order chi connectivity index (χ1) is 14.7. The van der Waals surface area contributed by atoms with Gasteiger partial charge in [0.05, 0.1) is 32.1 Å². The number of carbonyl (C=O) groups excluding carboxylic acids is 1. The number of unbranched alkanes of at least 4 members (excludes halogenated alkanes) is 1. The molecule has 0 spiro atoms. The van der Waals surface area contributed by atoms with E-state index in [1.165, 1.54) is 0 Å². The van der Waals surface area contributed by atoms with Crippen molar-refractivity contribution in [3.8, 4) is 17.2 Å². The van der Waals surface area contributed by atoms with Crippen LogP contribution in [-0.4, -0.2) is 45.3 Å². The summed E-state index contributed by atoms with van der Waals surface area (Å²) in [5.74, 6) is 1.46. The molecule has 7 nitrogen and oxygen atoms in total. The molecule has 0 atom stereocenters. The van der Waals surface area contributed by atoms with Crippen LogP contribution in [0.3, 0.4) is 0 Å². The van der Waals surface area contributed by atoms with Crippen LogP contribution < -0.4 is 9.47 Å². The molecule has 0 saturated heterocycles. The molecule has 0 amide bonds. The van der Waals surface area contributed by atoms with Gasteiger partial charge in [0.2, 0.25) is 0 Å². The number of hydrogen-bond acceptors (Lipinski definition) is 6. The molecule has 1 aromatic heterocycles. The predicted octanol–water partition coefficient (Wildman–Crippen LogP) is 4.29. The number of nitrogens with zero attached hydrogens (tertiary/aromatic N) is 1. The Balaban J connectivity index is 1.76. The van der Waals surface area contributed by atoms with Crippen LogP contribution in [-0.2, 0) is 14.3 Å². The monoisotopic (exact) mass is 445 g/mol. The lowest BCUT2D eigenvalue weighted by Gasteiger charge is -2.11. The molecule has 3 aromatic rings. The summed E-state index contributed by atoms with van der Waals surface area (Å²) >= 11 is 0. The van der Waals surface area contributed by atoms with Gasteiger partial charge in [-0.15, -0.1) is 0 Å². The average Bonchev–Trinajstić information content (AvgIpc) is 3.01. The summed E-state index contributed by atoms with van der Waals surface area (Å²) in [6, 6.07) is 13.3. The van der Waals surface area contributed by atoms with Crippen molar-refractivity contribution in [3.63, 3.8) is 0 Å². The predicted molar refractivity (Wildman–Crippen MR) is 120 cm³/mol. The number of carbonyl (C=O) groups is 1. The lowest BCUT2D eigenvalue weighted by atomic mass is 10.1. The van der Waals surface area contributed by atoms with Crippen molar-refractivity contribution in [1.29, 1.82) is 0 Å². The van der Waals surface area contributed by atoms with Crippen LogP contribution in [0.4, 0.5) is 0 Å². The number of Topliss-reactive ketones (excluding diaryl/α,β-unsaturated/α-hetero) is 1. The van der Waals surface area contributed by atoms with Crippen LogP contribution in [0, 0.1) is 6.92 Å². The van der Waals surface area contributed by atoms with E-state index in [9.17, 15) is 13.2 Å². The van der Waals surface area contributed by atoms with Gasteiger partial charge in [0, 0.05) is 28.4 Å². The minimum absolute atomic E-state index is 0.0197. The Morgan fingerprint density at radius 2 is 1.65 bits per heavy atom. The summed E-state index contributed by atoms with van der Waals surface area (Å²) in [6.07, 6.45) is 2.31. The summed E-state index contributed by atoms with van der Waals surface area (Å²) in [4.78, 5) is 12.3. The molecule has 0 N–H and O–H groups in total. The van der Waals surface area contributed by atoms with Gasteiger partial charge in [0.25, 0.3) is 10.1 Å². The summed E-state index contributed by atoms with van der Waals surface area (Å²) in [7, 11) is -1.78. The van der Waals surface area contributed by atoms with Crippen LogP contribution in [0.15, 0.2) is 42.5 Å². The first kappa shape index (κ1) is 22.8. The molecule has 166 valence electrons. The van der Waals surface area contributed by atoms with Crippen molar-refractivity contribution in [1.82, 2.24) is 4.57 Å². The van der Waals surface area contributed by atoms with Crippen molar-refractivity contribution in [3.05, 3.63) is 53.7 Å². The molecule has 0 aliphatic rings. The van der Waals surface area contributed by atoms with Gasteiger partial charge in [-0.25, -0.2) is 0 Å². The second-order valence-electron chi connectivity index (χ2n) is 7.31. The van der Waals surface area contributed by atoms with Crippen LogP contribution in [0.5, 0.6) is 11.5 Å². The van der Waals surface area contributed by atoms with Crippen molar-refractivity contribution >= 4 is 26.8 Å². The fourth-order valence-electron chi connectivity index (χ4n) is 3.60. The van der Waals surface area contributed by atoms with E-state index in [0.29, 0.717) is 30.8 Å². The number of hydrogen-bond donors (Lipinski definition) is 0. The van der Waals surface area contributed by atoms with E-state index in [4.69, 9.17) is 13.7 Å². The number of aromatic nitrogens is 1. The van der Waals surface area contributed by atoms with Crippen molar-refractivity contribution in [2.45, 2.75) is 26.7 Å². The molecule has 0 radical (unpaired) electrons. The van der Waals surface area contributed by atoms with Gasteiger partial charge in [-0.3, -0.25) is 8.98 Å². The first-order valence-corrected chi connectivity index (χ1v) is 11.8. The lowest BCUT2D eigenvalue weighted by molar-refractivity contribution is 0.101. The van der Waals surface area contributed by atoms with Gasteiger partial charge < -0.3 is 14.0 Å². The van der Waals surface area contributed by atoms with E-state index in [1.54, 1.807) is 14.0 Å². The molecular formula is C23H27NO6S. The van der Waals surface area contributed by atoms with E-state index in [2.05, 4.69) is 0 Å². The number of rotatable bonds is 10. The van der Waals surface area contributed by atoms with E-state index in [1.807, 2.05) is 54.0 Å². The Morgan fingerprint density at radius 3 is 2.26 bits per heavy atom. The second kappa shape index (κ2) is 9.53. The number of fused-ring (bicyclic) bond motifs is 1. The molecular weight excluding hydrogens is 418 g/mol. The highest BCUT2D eigenvalue weighted by atomic mass is 32.2. The van der Waals surface area contributed by atoms with Gasteiger partial charge in [0.1, 0.15) is 11.5 Å². The van der Waals surface area contributed by atoms with E-state index < -0.39 is 10.1 Å². The van der Waals surface area contributed by atoms with E-state index in [-0.39, 0.29) is 12.4 Å². The van der Waals surface area contributed by atoms with Gasteiger partial charge >= 0.3 is 0 Å². The molecule has 0 bridgehead atoms. The highest BCUT2D eigenvalue weighted by Crippen LogP contribution is 2.32. The first-order valence-electron chi connectivity index (χ1n) is 9.99. The summed E-state index contributed by atoms with van der Waals surface area (Å²) in [6.45, 7) is 4.13. The number of benzene rings is 2. The topological polar surface area (TPSA) is 83.8 Å². The Kier molecular flexibility index (Phi) is 7.02. The van der Waals surface area contributed by atoms with Crippen LogP contribution in [0.1, 0.15) is 35.8 Å². The van der Waals surface area contributed by atoms with Gasteiger partial charge in [-0.05, 0) is 63.1 Å². The number of ketones is 1. The molecule has 3 rings (SSSR count). The minimum atomic E-state index is -3.39. The SMILES string of the molecule is COc1ccc2c(C(C)=O)c(C)n(-c3ccc(OCCCCOS(C)(=O)=O)cc3)c2c1. The molecule has 0 aliphatic carbocycles. The molecule has 2 aromatic carbocycles. The third-order valence-electron chi connectivity index (χ3n) is 4.96. The van der Waals surface area contributed by atoms with Crippen molar-refractivity contribution in [2.24, 2.45) is 0 Å². The van der Waals surface area contributed by atoms with Gasteiger partial charge in [0.15, 0.2) is 5.78 Å². The molecule has 1 heterocycles. The fraction of sp³-hybridized carbons (Fsp3) is 0.348. The zero-order chi connectivity index (χ0) is 22.6. The molecule has 31 heavy (non-hydrogen) atoms. The van der Waals surface area contributed by atoms with E-state index >= 15 is 0 Å². The molecule has 0 fully saturated rings. The second-order valence-corrected chi connectivity index (χ2v) is 8.95. The molecule has 0 unspecified atom stereocenters. The summed E-state index contributed by atoms with van der Waals surface area (Å²) in [5.41, 5.74) is 3.39. The average molecular weight is 446 g/mol. The number of methoxy groups -OCH3 is 1. The fourth-order valence-corrected chi connectivity index (χ4v) is 4.02. The van der Waals surface area contributed by atoms with E-state index in [0.717, 1.165) is 34.3 Å². The Hall–Kier alpha value is -2.84. The van der Waals surface area contributed by atoms with Gasteiger partial charge in [-0.2, -0.15) is 8.42 Å². The van der Waals surface area contributed by atoms with Crippen LogP contribution in [0.25, 0.3) is 16.6 Å². The normalized spacial score (nSPS) is 11.6. The zero-order valence-electron chi connectivity index (χ0n) is 18.2. The van der Waals surface area contributed by atoms with Gasteiger partial charge in [-0.1, -0.05) is 0 Å². The quantitative estimate of drug-likeness (QED) is 0.263. The standard InChI is InChI=1S/C23H27NO6S/c1-16-23(17(2)25)21-12-11-20(28-3)15-22(21)24(16)18-7-9-19(10-8-18)29-13-5-6-14-30-31(4,26)27/h7-12,15H,5-6,13-14H2,1-4H3. The highest BCUT2D eigenvalue weighted by Gasteiger charge is 2.19. The van der Waals surface area contributed by atoms with Crippen molar-refractivity contribution in [2.75, 3.05) is 26.6 Å². The highest BCUT2D eigenvalue weighted by molar-refractivity contribution is 7.85. The number of ether oxygens (including phenoxy) is 2. The summed E-state index contributed by atoms with van der Waals surface area (Å²) < 4.78 is 39.7. The Morgan fingerprint density at radius 1 is 1.00 bits per heavy atom. The maximum Gasteiger partial charge on any atom is 0.264 e. The molecule has 0 aliphatic heterocycles. The third-order valence-corrected chi connectivity index (χ3v) is 5.56. The van der Waals surface area contributed by atoms with Crippen LogP contribution in [0.2, 0.25) is 0 Å². The molecule has 0 saturated carbocycles. The largest absolute Gasteiger partial charge is 0.497 e.